The van der Waals surface area contributed by atoms with Gasteiger partial charge in [0.25, 0.3) is 10.0 Å². The van der Waals surface area contributed by atoms with Crippen LogP contribution in [0.15, 0.2) is 77.7 Å². The maximum absolute atomic E-state index is 13.7. The lowest BCUT2D eigenvalue weighted by Crippen LogP contribution is -2.50. The van der Waals surface area contributed by atoms with Crippen LogP contribution in [0.4, 0.5) is 5.69 Å². The average Bonchev–Trinajstić information content (AvgIpc) is 2.86. The predicted molar refractivity (Wildman–Crippen MR) is 142 cm³/mol. The molecule has 0 bridgehead atoms. The fourth-order valence-corrected chi connectivity index (χ4v) is 5.41. The van der Waals surface area contributed by atoms with Gasteiger partial charge in [0.2, 0.25) is 11.8 Å². The summed E-state index contributed by atoms with van der Waals surface area (Å²) in [5.41, 5.74) is 2.95. The summed E-state index contributed by atoms with van der Waals surface area (Å²) >= 11 is 6.39. The number of carbonyl (C=O) groups is 2. The van der Waals surface area contributed by atoms with E-state index in [4.69, 9.17) is 11.6 Å². The van der Waals surface area contributed by atoms with Gasteiger partial charge in [-0.05, 0) is 50.6 Å². The van der Waals surface area contributed by atoms with Crippen LogP contribution in [-0.2, 0) is 26.2 Å². The van der Waals surface area contributed by atoms with E-state index in [1.54, 1.807) is 43.3 Å². The van der Waals surface area contributed by atoms with E-state index in [9.17, 15) is 18.0 Å². The summed E-state index contributed by atoms with van der Waals surface area (Å²) in [7, 11) is -2.66. The summed E-state index contributed by atoms with van der Waals surface area (Å²) in [5, 5.41) is 2.75. The van der Waals surface area contributed by atoms with E-state index in [1.165, 1.54) is 24.1 Å². The number of hydrogen-bond donors (Lipinski definition) is 1. The molecule has 0 saturated carbocycles. The topological polar surface area (TPSA) is 86.8 Å². The second-order valence-corrected chi connectivity index (χ2v) is 10.8. The van der Waals surface area contributed by atoms with Crippen molar-refractivity contribution in [3.8, 4) is 0 Å². The first-order valence-electron chi connectivity index (χ1n) is 11.4. The fourth-order valence-electron chi connectivity index (χ4n) is 3.69. The van der Waals surface area contributed by atoms with Gasteiger partial charge in [0.1, 0.15) is 12.6 Å². The Morgan fingerprint density at radius 1 is 0.917 bits per heavy atom. The van der Waals surface area contributed by atoms with Gasteiger partial charge in [0, 0.05) is 13.6 Å². The second-order valence-electron chi connectivity index (χ2n) is 8.57. The first-order chi connectivity index (χ1) is 17.0. The Hall–Kier alpha value is -3.36. The van der Waals surface area contributed by atoms with Crippen molar-refractivity contribution < 1.29 is 18.0 Å². The zero-order chi connectivity index (χ0) is 26.5. The molecule has 0 aliphatic carbocycles. The average molecular weight is 528 g/mol. The van der Waals surface area contributed by atoms with E-state index in [0.717, 1.165) is 21.0 Å². The van der Waals surface area contributed by atoms with E-state index in [1.807, 2.05) is 38.1 Å². The van der Waals surface area contributed by atoms with E-state index in [2.05, 4.69) is 5.32 Å². The Morgan fingerprint density at radius 3 is 2.03 bits per heavy atom. The molecule has 2 amide bonds. The molecule has 9 heteroatoms. The van der Waals surface area contributed by atoms with Crippen LogP contribution < -0.4 is 9.62 Å². The molecule has 3 rings (SSSR count). The number of amides is 2. The SMILES string of the molecule is CNC(=O)C(C)N(Cc1ccc(C)cc1)C(=O)CN(c1ccccc1Cl)S(=O)(=O)c1ccc(C)cc1. The minimum absolute atomic E-state index is 0.0326. The molecule has 7 nitrogen and oxygen atoms in total. The highest BCUT2D eigenvalue weighted by atomic mass is 35.5. The van der Waals surface area contributed by atoms with Gasteiger partial charge in [-0.25, -0.2) is 8.42 Å². The first kappa shape index (κ1) is 27.2. The van der Waals surface area contributed by atoms with Crippen LogP contribution in [0.25, 0.3) is 0 Å². The lowest BCUT2D eigenvalue weighted by molar-refractivity contribution is -0.139. The van der Waals surface area contributed by atoms with E-state index in [-0.39, 0.29) is 28.1 Å². The number of para-hydroxylation sites is 1. The molecule has 3 aromatic carbocycles. The van der Waals surface area contributed by atoms with Gasteiger partial charge >= 0.3 is 0 Å². The van der Waals surface area contributed by atoms with Crippen molar-refractivity contribution in [2.24, 2.45) is 0 Å². The highest BCUT2D eigenvalue weighted by Gasteiger charge is 2.33. The number of benzene rings is 3. The standard InChI is InChI=1S/C27H30ClN3O4S/c1-19-9-13-22(14-10-19)17-30(21(3)27(33)29-4)26(32)18-31(25-8-6-5-7-24(25)28)36(34,35)23-15-11-20(2)12-16-23/h5-16,21H,17-18H2,1-4H3,(H,29,33). The lowest BCUT2D eigenvalue weighted by atomic mass is 10.1. The Kier molecular flexibility index (Phi) is 8.76. The highest BCUT2D eigenvalue weighted by molar-refractivity contribution is 7.92. The molecule has 0 fully saturated rings. The minimum Gasteiger partial charge on any atom is -0.357 e. The molecule has 36 heavy (non-hydrogen) atoms. The highest BCUT2D eigenvalue weighted by Crippen LogP contribution is 2.30. The van der Waals surface area contributed by atoms with Crippen molar-refractivity contribution in [1.82, 2.24) is 10.2 Å². The number of rotatable bonds is 9. The number of carbonyl (C=O) groups excluding carboxylic acids is 2. The smallest absolute Gasteiger partial charge is 0.264 e. The lowest BCUT2D eigenvalue weighted by Gasteiger charge is -2.32. The molecule has 1 N–H and O–H groups in total. The van der Waals surface area contributed by atoms with Gasteiger partial charge in [-0.15, -0.1) is 0 Å². The molecule has 0 radical (unpaired) electrons. The third kappa shape index (κ3) is 6.25. The summed E-state index contributed by atoms with van der Waals surface area (Å²) in [6.45, 7) is 5.02. The van der Waals surface area contributed by atoms with Crippen LogP contribution in [0.2, 0.25) is 5.02 Å². The fraction of sp³-hybridized carbons (Fsp3) is 0.259. The van der Waals surface area contributed by atoms with E-state index in [0.29, 0.717) is 0 Å². The maximum atomic E-state index is 13.7. The third-order valence-corrected chi connectivity index (χ3v) is 7.99. The number of nitrogens with zero attached hydrogens (tertiary/aromatic N) is 2. The Labute approximate surface area is 217 Å². The molecule has 0 spiro atoms. The van der Waals surface area contributed by atoms with E-state index >= 15 is 0 Å². The zero-order valence-corrected chi connectivity index (χ0v) is 22.3. The van der Waals surface area contributed by atoms with Gasteiger partial charge in [0.15, 0.2) is 0 Å². The normalized spacial score (nSPS) is 12.0. The largest absolute Gasteiger partial charge is 0.357 e. The number of aryl methyl sites for hydroxylation is 2. The number of likely N-dealkylation sites (N-methyl/N-ethyl adjacent to an activating group) is 1. The van der Waals surface area contributed by atoms with Gasteiger partial charge in [0.05, 0.1) is 15.6 Å². The first-order valence-corrected chi connectivity index (χ1v) is 13.3. The van der Waals surface area contributed by atoms with E-state index < -0.39 is 28.5 Å². The second kappa shape index (κ2) is 11.6. The van der Waals surface area contributed by atoms with Crippen molar-refractivity contribution in [3.63, 3.8) is 0 Å². The van der Waals surface area contributed by atoms with Crippen molar-refractivity contribution in [2.45, 2.75) is 38.3 Å². The molecule has 0 aliphatic heterocycles. The maximum Gasteiger partial charge on any atom is 0.264 e. The molecular weight excluding hydrogens is 498 g/mol. The van der Waals surface area contributed by atoms with Gasteiger partial charge in [-0.2, -0.15) is 0 Å². The molecular formula is C27H30ClN3O4S. The van der Waals surface area contributed by atoms with Crippen molar-refractivity contribution in [1.29, 1.82) is 0 Å². The molecule has 1 atom stereocenters. The summed E-state index contributed by atoms with van der Waals surface area (Å²) in [5.74, 6) is -0.900. The van der Waals surface area contributed by atoms with Crippen LogP contribution in [0, 0.1) is 13.8 Å². The van der Waals surface area contributed by atoms with Crippen LogP contribution in [-0.4, -0.2) is 44.8 Å². The summed E-state index contributed by atoms with van der Waals surface area (Å²) < 4.78 is 28.5. The number of nitrogens with one attached hydrogen (secondary N) is 1. The Bertz CT molecular complexity index is 1330. The quantitative estimate of drug-likeness (QED) is 0.449. The number of sulfonamides is 1. The van der Waals surface area contributed by atoms with Gasteiger partial charge < -0.3 is 10.2 Å². The molecule has 0 heterocycles. The van der Waals surface area contributed by atoms with Gasteiger partial charge in [-0.1, -0.05) is 71.3 Å². The Balaban J connectivity index is 2.04. The summed E-state index contributed by atoms with van der Waals surface area (Å²) in [4.78, 5) is 27.6. The predicted octanol–water partition coefficient (Wildman–Crippen LogP) is 4.32. The number of hydrogen-bond acceptors (Lipinski definition) is 4. The number of halogens is 1. The molecule has 0 aromatic heterocycles. The Morgan fingerprint density at radius 2 is 1.47 bits per heavy atom. The van der Waals surface area contributed by atoms with Crippen LogP contribution in [0.3, 0.4) is 0 Å². The monoisotopic (exact) mass is 527 g/mol. The van der Waals surface area contributed by atoms with Crippen LogP contribution >= 0.6 is 11.6 Å². The molecule has 1 unspecified atom stereocenters. The minimum atomic E-state index is -4.15. The molecule has 190 valence electrons. The molecule has 0 saturated heterocycles. The van der Waals surface area contributed by atoms with Crippen LogP contribution in [0.5, 0.6) is 0 Å². The van der Waals surface area contributed by atoms with Crippen molar-refractivity contribution in [2.75, 3.05) is 17.9 Å². The molecule has 3 aromatic rings. The third-order valence-electron chi connectivity index (χ3n) is 5.90. The van der Waals surface area contributed by atoms with Crippen molar-refractivity contribution >= 4 is 39.1 Å². The summed E-state index contributed by atoms with van der Waals surface area (Å²) in [6.07, 6.45) is 0. The van der Waals surface area contributed by atoms with Gasteiger partial charge in [-0.3, -0.25) is 13.9 Å². The summed E-state index contributed by atoms with van der Waals surface area (Å²) in [6, 6.07) is 19.6. The van der Waals surface area contributed by atoms with Crippen molar-refractivity contribution in [3.05, 3.63) is 94.5 Å². The van der Waals surface area contributed by atoms with Crippen LogP contribution in [0.1, 0.15) is 23.6 Å². The number of anilines is 1. The molecule has 0 aliphatic rings. The zero-order valence-electron chi connectivity index (χ0n) is 20.7.